The zero-order chi connectivity index (χ0) is 14.2. The van der Waals surface area contributed by atoms with Crippen molar-refractivity contribution in [1.29, 1.82) is 0 Å². The average molecular weight is 293 g/mol. The van der Waals surface area contributed by atoms with E-state index >= 15 is 0 Å². The molecule has 0 spiro atoms. The average Bonchev–Trinajstić information content (AvgIpc) is 3.04. The first kappa shape index (κ1) is 13.0. The fraction of sp³-hybridized carbons (Fsp3) is 0.263. The molecule has 0 amide bonds. The van der Waals surface area contributed by atoms with E-state index in [9.17, 15) is 0 Å². The lowest BCUT2D eigenvalue weighted by molar-refractivity contribution is 0.425. The molecule has 0 saturated carbocycles. The Labute approximate surface area is 130 Å². The number of fused-ring (bicyclic) bond motifs is 3. The maximum atomic E-state index is 3.78. The number of thioether (sulfide) groups is 1. The Morgan fingerprint density at radius 3 is 2.67 bits per heavy atom. The minimum Gasteiger partial charge on any atom is -0.378 e. The molecule has 1 nitrogen and oxygen atoms in total. The van der Waals surface area contributed by atoms with Crippen molar-refractivity contribution >= 4 is 17.4 Å². The lowest BCUT2D eigenvalue weighted by Gasteiger charge is -2.37. The van der Waals surface area contributed by atoms with E-state index in [1.807, 2.05) is 0 Å². The molecule has 2 aromatic carbocycles. The summed E-state index contributed by atoms with van der Waals surface area (Å²) in [6.45, 7) is 0. The van der Waals surface area contributed by atoms with Crippen LogP contribution in [0.25, 0.3) is 0 Å². The van der Waals surface area contributed by atoms with Gasteiger partial charge in [0, 0.05) is 16.5 Å². The summed E-state index contributed by atoms with van der Waals surface area (Å²) in [4.78, 5) is 1.33. The first-order chi connectivity index (χ1) is 10.4. The number of allylic oxidation sites excluding steroid dienone is 2. The van der Waals surface area contributed by atoms with Crippen molar-refractivity contribution in [1.82, 2.24) is 0 Å². The van der Waals surface area contributed by atoms with Crippen molar-refractivity contribution < 1.29 is 0 Å². The number of hydrogen-bond acceptors (Lipinski definition) is 2. The smallest absolute Gasteiger partial charge is 0.0553 e. The van der Waals surface area contributed by atoms with Gasteiger partial charge in [-0.05, 0) is 47.9 Å². The van der Waals surface area contributed by atoms with Gasteiger partial charge in [0.15, 0.2) is 0 Å². The van der Waals surface area contributed by atoms with E-state index in [1.54, 1.807) is 11.8 Å². The molecule has 3 unspecified atom stereocenters. The maximum absolute atomic E-state index is 3.78. The standard InChI is InChI=1S/C19H19NS/c1-21-14-11-9-13(10-12-14)19-17-7-4-6-15(17)16-5-2-3-8-18(16)20-19/h2-6,8-12,15,17,19-20H,7H2,1H3. The number of para-hydroxylation sites is 1. The summed E-state index contributed by atoms with van der Waals surface area (Å²) in [6, 6.07) is 18.2. The molecule has 0 aromatic heterocycles. The van der Waals surface area contributed by atoms with Crippen molar-refractivity contribution in [3.8, 4) is 0 Å². The normalized spacial score (nSPS) is 26.0. The van der Waals surface area contributed by atoms with Crippen molar-refractivity contribution in [2.45, 2.75) is 23.3 Å². The van der Waals surface area contributed by atoms with E-state index in [2.05, 4.69) is 72.3 Å². The van der Waals surface area contributed by atoms with Gasteiger partial charge >= 0.3 is 0 Å². The highest BCUT2D eigenvalue weighted by molar-refractivity contribution is 7.98. The molecule has 21 heavy (non-hydrogen) atoms. The maximum Gasteiger partial charge on any atom is 0.0553 e. The van der Waals surface area contributed by atoms with Gasteiger partial charge in [0.2, 0.25) is 0 Å². The topological polar surface area (TPSA) is 12.0 Å². The second kappa shape index (κ2) is 5.27. The van der Waals surface area contributed by atoms with Crippen molar-refractivity contribution in [2.24, 2.45) is 5.92 Å². The molecule has 0 radical (unpaired) electrons. The monoisotopic (exact) mass is 293 g/mol. The number of hydrogen-bond donors (Lipinski definition) is 1. The molecule has 106 valence electrons. The second-order valence-corrected chi connectivity index (χ2v) is 6.72. The van der Waals surface area contributed by atoms with E-state index in [0.717, 1.165) is 0 Å². The minimum absolute atomic E-state index is 0.413. The highest BCUT2D eigenvalue weighted by Crippen LogP contribution is 2.49. The molecule has 1 heterocycles. The fourth-order valence-corrected chi connectivity index (χ4v) is 4.09. The van der Waals surface area contributed by atoms with Crippen LogP contribution >= 0.6 is 11.8 Å². The van der Waals surface area contributed by atoms with Crippen LogP contribution in [0.1, 0.15) is 29.5 Å². The van der Waals surface area contributed by atoms with Crippen LogP contribution in [0.4, 0.5) is 5.69 Å². The Morgan fingerprint density at radius 2 is 1.86 bits per heavy atom. The summed E-state index contributed by atoms with van der Waals surface area (Å²) in [6.07, 6.45) is 8.04. The molecule has 0 fully saturated rings. The van der Waals surface area contributed by atoms with Crippen LogP contribution < -0.4 is 5.32 Å². The van der Waals surface area contributed by atoms with Crippen LogP contribution in [0.2, 0.25) is 0 Å². The Bertz CT molecular complexity index is 674. The minimum atomic E-state index is 0.413. The third-order valence-electron chi connectivity index (χ3n) is 4.75. The highest BCUT2D eigenvalue weighted by Gasteiger charge is 2.37. The predicted octanol–water partition coefficient (Wildman–Crippen LogP) is 5.24. The van der Waals surface area contributed by atoms with Gasteiger partial charge in [0.1, 0.15) is 0 Å². The van der Waals surface area contributed by atoms with E-state index in [-0.39, 0.29) is 0 Å². The Hall–Kier alpha value is -1.67. The summed E-state index contributed by atoms with van der Waals surface area (Å²) in [5, 5.41) is 3.78. The van der Waals surface area contributed by atoms with Crippen molar-refractivity contribution in [2.75, 3.05) is 11.6 Å². The third-order valence-corrected chi connectivity index (χ3v) is 5.49. The summed E-state index contributed by atoms with van der Waals surface area (Å²) in [5.74, 6) is 1.20. The molecule has 1 aliphatic carbocycles. The molecule has 3 atom stereocenters. The first-order valence-corrected chi connectivity index (χ1v) is 8.75. The molecule has 2 aromatic rings. The molecule has 0 bridgehead atoms. The van der Waals surface area contributed by atoms with Crippen LogP contribution in [0, 0.1) is 5.92 Å². The number of nitrogens with one attached hydrogen (secondary N) is 1. The van der Waals surface area contributed by atoms with Crippen LogP contribution in [0.5, 0.6) is 0 Å². The molecule has 1 aliphatic heterocycles. The fourth-order valence-electron chi connectivity index (χ4n) is 3.68. The van der Waals surface area contributed by atoms with E-state index < -0.39 is 0 Å². The van der Waals surface area contributed by atoms with E-state index in [0.29, 0.717) is 17.9 Å². The largest absolute Gasteiger partial charge is 0.378 e. The lowest BCUT2D eigenvalue weighted by Crippen LogP contribution is -2.28. The third kappa shape index (κ3) is 2.18. The zero-order valence-corrected chi connectivity index (χ0v) is 12.9. The molecule has 2 heteroatoms. The lowest BCUT2D eigenvalue weighted by atomic mass is 9.77. The Morgan fingerprint density at radius 1 is 1.05 bits per heavy atom. The Balaban J connectivity index is 1.73. The molecule has 4 rings (SSSR count). The second-order valence-electron chi connectivity index (χ2n) is 5.84. The number of rotatable bonds is 2. The summed E-state index contributed by atoms with van der Waals surface area (Å²) >= 11 is 1.80. The van der Waals surface area contributed by atoms with Crippen LogP contribution in [-0.2, 0) is 0 Å². The van der Waals surface area contributed by atoms with E-state index in [1.165, 1.54) is 28.1 Å². The zero-order valence-electron chi connectivity index (χ0n) is 12.1. The van der Waals surface area contributed by atoms with Crippen LogP contribution in [0.3, 0.4) is 0 Å². The molecule has 1 N–H and O–H groups in total. The molecule has 2 aliphatic rings. The molecular weight excluding hydrogens is 274 g/mol. The molecular formula is C19H19NS. The summed E-state index contributed by atoms with van der Waals surface area (Å²) in [7, 11) is 0. The van der Waals surface area contributed by atoms with Gasteiger partial charge in [-0.15, -0.1) is 11.8 Å². The van der Waals surface area contributed by atoms with Crippen molar-refractivity contribution in [3.63, 3.8) is 0 Å². The highest BCUT2D eigenvalue weighted by atomic mass is 32.2. The van der Waals surface area contributed by atoms with Gasteiger partial charge in [-0.1, -0.05) is 42.5 Å². The summed E-state index contributed by atoms with van der Waals surface area (Å²) < 4.78 is 0. The molecule has 0 saturated heterocycles. The van der Waals surface area contributed by atoms with Gasteiger partial charge in [-0.2, -0.15) is 0 Å². The van der Waals surface area contributed by atoms with Gasteiger partial charge in [-0.25, -0.2) is 0 Å². The van der Waals surface area contributed by atoms with E-state index in [4.69, 9.17) is 0 Å². The van der Waals surface area contributed by atoms with Gasteiger partial charge < -0.3 is 5.32 Å². The van der Waals surface area contributed by atoms with Crippen molar-refractivity contribution in [3.05, 3.63) is 71.8 Å². The van der Waals surface area contributed by atoms with Gasteiger partial charge in [0.25, 0.3) is 0 Å². The van der Waals surface area contributed by atoms with Gasteiger partial charge in [0.05, 0.1) is 6.04 Å². The quantitative estimate of drug-likeness (QED) is 0.600. The SMILES string of the molecule is CSc1ccc(C2Nc3ccccc3C3C=CCC32)cc1. The van der Waals surface area contributed by atoms with Crippen LogP contribution in [0.15, 0.2) is 65.6 Å². The first-order valence-electron chi connectivity index (χ1n) is 7.53. The predicted molar refractivity (Wildman–Crippen MR) is 91.0 cm³/mol. The number of anilines is 1. The number of benzene rings is 2. The Kier molecular flexibility index (Phi) is 3.27. The van der Waals surface area contributed by atoms with Crippen LogP contribution in [-0.4, -0.2) is 6.26 Å². The summed E-state index contributed by atoms with van der Waals surface area (Å²) in [5.41, 5.74) is 4.15. The van der Waals surface area contributed by atoms with Gasteiger partial charge in [-0.3, -0.25) is 0 Å².